The van der Waals surface area contributed by atoms with E-state index in [1.54, 1.807) is 6.07 Å². The molecule has 0 unspecified atom stereocenters. The van der Waals surface area contributed by atoms with E-state index < -0.39 is 5.91 Å². The molecule has 1 amide bonds. The van der Waals surface area contributed by atoms with Gasteiger partial charge in [-0.3, -0.25) is 4.79 Å². The van der Waals surface area contributed by atoms with E-state index in [9.17, 15) is 4.79 Å². The summed E-state index contributed by atoms with van der Waals surface area (Å²) in [5.74, 6) is 0.339. The van der Waals surface area contributed by atoms with Crippen LogP contribution < -0.4 is 15.4 Å². The number of para-hydroxylation sites is 1. The molecular formula is C21H21N3O3. The molecule has 3 aromatic rings. The van der Waals surface area contributed by atoms with Crippen molar-refractivity contribution in [2.75, 3.05) is 18.0 Å². The van der Waals surface area contributed by atoms with E-state index in [1.165, 1.54) is 0 Å². The molecule has 1 aliphatic heterocycles. The Labute approximate surface area is 157 Å². The van der Waals surface area contributed by atoms with Gasteiger partial charge in [-0.1, -0.05) is 18.2 Å². The number of nitrogens with two attached hydrogens (primary N) is 1. The van der Waals surface area contributed by atoms with E-state index in [4.69, 9.17) is 15.6 Å². The first-order chi connectivity index (χ1) is 13.2. The lowest BCUT2D eigenvalue weighted by Crippen LogP contribution is -2.54. The number of hydrogen-bond acceptors (Lipinski definition) is 4. The Bertz CT molecular complexity index is 930. The smallest absolute Gasteiger partial charge is 0.250 e. The number of anilines is 1. The number of ether oxygens (including phenoxy) is 1. The highest BCUT2D eigenvalue weighted by Gasteiger charge is 2.31. The minimum Gasteiger partial charge on any atom is -0.487 e. The first-order valence-corrected chi connectivity index (χ1v) is 8.83. The van der Waals surface area contributed by atoms with Crippen molar-refractivity contribution in [3.63, 3.8) is 0 Å². The fraction of sp³-hybridized carbons (Fsp3) is 0.190. The molecule has 6 nitrogen and oxygen atoms in total. The third-order valence-electron chi connectivity index (χ3n) is 4.74. The van der Waals surface area contributed by atoms with Crippen molar-refractivity contribution in [2.45, 2.75) is 12.7 Å². The van der Waals surface area contributed by atoms with Gasteiger partial charge in [0.05, 0.1) is 36.6 Å². The van der Waals surface area contributed by atoms with Crippen molar-refractivity contribution in [3.05, 3.63) is 78.1 Å². The van der Waals surface area contributed by atoms with Gasteiger partial charge in [-0.25, -0.2) is 0 Å². The number of primary amides is 1. The third-order valence-corrected chi connectivity index (χ3v) is 4.74. The number of aliphatic hydroxyl groups is 1. The Hall–Kier alpha value is -3.25. The monoisotopic (exact) mass is 363 g/mol. The van der Waals surface area contributed by atoms with Crippen molar-refractivity contribution in [1.29, 1.82) is 0 Å². The molecule has 3 N–H and O–H groups in total. The summed E-state index contributed by atoms with van der Waals surface area (Å²) in [5.41, 5.74) is 8.69. The minimum atomic E-state index is -0.446. The van der Waals surface area contributed by atoms with Gasteiger partial charge in [0, 0.05) is 12.4 Å². The first-order valence-electron chi connectivity index (χ1n) is 8.83. The molecule has 0 aliphatic carbocycles. The van der Waals surface area contributed by atoms with E-state index in [1.807, 2.05) is 65.5 Å². The number of aliphatic hydroxyl groups excluding tert-OH is 1. The second-order valence-corrected chi connectivity index (χ2v) is 6.57. The van der Waals surface area contributed by atoms with Crippen molar-refractivity contribution in [1.82, 2.24) is 4.57 Å². The molecule has 2 aromatic carbocycles. The fourth-order valence-electron chi connectivity index (χ4n) is 3.32. The predicted octanol–water partition coefficient (Wildman–Crippen LogP) is 2.34. The van der Waals surface area contributed by atoms with Gasteiger partial charge in [0.25, 0.3) is 5.91 Å². The number of amides is 1. The van der Waals surface area contributed by atoms with Crippen LogP contribution in [0.15, 0.2) is 67.0 Å². The zero-order valence-electron chi connectivity index (χ0n) is 14.8. The Balaban J connectivity index is 1.52. The fourth-order valence-corrected chi connectivity index (χ4v) is 3.32. The number of aromatic nitrogens is 1. The van der Waals surface area contributed by atoms with Crippen molar-refractivity contribution < 1.29 is 14.6 Å². The van der Waals surface area contributed by atoms with Crippen LogP contribution in [0.3, 0.4) is 0 Å². The standard InChI is InChI=1S/C21H21N3O3/c22-21(26)18-4-3-5-19(20(18)23-10-1-2-11-23)24-12-17(13-24)27-16-8-6-15(14-25)7-9-16/h1-11,17,25H,12-14H2,(H2,22,26). The number of hydrogen-bond donors (Lipinski definition) is 2. The highest BCUT2D eigenvalue weighted by Crippen LogP contribution is 2.32. The minimum absolute atomic E-state index is 0.0237. The average molecular weight is 363 g/mol. The van der Waals surface area contributed by atoms with Crippen LogP contribution in [-0.4, -0.2) is 34.8 Å². The molecule has 2 heterocycles. The van der Waals surface area contributed by atoms with E-state index in [0.29, 0.717) is 5.56 Å². The number of rotatable bonds is 6. The molecule has 0 atom stereocenters. The summed E-state index contributed by atoms with van der Waals surface area (Å²) in [7, 11) is 0. The molecule has 1 aromatic heterocycles. The Morgan fingerprint density at radius 2 is 1.78 bits per heavy atom. The third kappa shape index (κ3) is 3.39. The predicted molar refractivity (Wildman–Crippen MR) is 103 cm³/mol. The van der Waals surface area contributed by atoms with E-state index in [2.05, 4.69) is 4.90 Å². The first kappa shape index (κ1) is 17.2. The second kappa shape index (κ2) is 7.17. The van der Waals surface area contributed by atoms with Crippen LogP contribution in [0.4, 0.5) is 5.69 Å². The van der Waals surface area contributed by atoms with Gasteiger partial charge in [0.1, 0.15) is 11.9 Å². The van der Waals surface area contributed by atoms with Crippen molar-refractivity contribution in [2.24, 2.45) is 5.73 Å². The zero-order valence-corrected chi connectivity index (χ0v) is 14.8. The lowest BCUT2D eigenvalue weighted by Gasteiger charge is -2.41. The molecule has 138 valence electrons. The van der Waals surface area contributed by atoms with Crippen molar-refractivity contribution in [3.8, 4) is 11.4 Å². The van der Waals surface area contributed by atoms with Crippen LogP contribution >= 0.6 is 0 Å². The van der Waals surface area contributed by atoms with Gasteiger partial charge in [0.2, 0.25) is 0 Å². The molecule has 4 rings (SSSR count). The summed E-state index contributed by atoms with van der Waals surface area (Å²) >= 11 is 0. The van der Waals surface area contributed by atoms with Gasteiger partial charge in [-0.15, -0.1) is 0 Å². The number of carbonyl (C=O) groups excluding carboxylic acids is 1. The van der Waals surface area contributed by atoms with Crippen LogP contribution in [0, 0.1) is 0 Å². The largest absolute Gasteiger partial charge is 0.487 e. The molecule has 6 heteroatoms. The van der Waals surface area contributed by atoms with Gasteiger partial charge in [0.15, 0.2) is 0 Å². The molecule has 0 radical (unpaired) electrons. The lowest BCUT2D eigenvalue weighted by atomic mass is 10.0. The summed E-state index contributed by atoms with van der Waals surface area (Å²) in [6, 6.07) is 16.9. The Morgan fingerprint density at radius 3 is 2.41 bits per heavy atom. The molecule has 0 spiro atoms. The van der Waals surface area contributed by atoms with Gasteiger partial charge in [-0.2, -0.15) is 0 Å². The summed E-state index contributed by atoms with van der Waals surface area (Å²) in [6.07, 6.45) is 3.88. The van der Waals surface area contributed by atoms with Crippen LogP contribution in [0.5, 0.6) is 5.75 Å². The number of carbonyl (C=O) groups is 1. The van der Waals surface area contributed by atoms with E-state index >= 15 is 0 Å². The van der Waals surface area contributed by atoms with Crippen LogP contribution in [-0.2, 0) is 6.61 Å². The van der Waals surface area contributed by atoms with Crippen LogP contribution in [0.25, 0.3) is 5.69 Å². The highest BCUT2D eigenvalue weighted by molar-refractivity contribution is 5.99. The SMILES string of the molecule is NC(=O)c1cccc(N2CC(Oc3ccc(CO)cc3)C2)c1-n1cccc1. The summed E-state index contributed by atoms with van der Waals surface area (Å²) in [6.45, 7) is 1.46. The normalized spacial score (nSPS) is 14.0. The van der Waals surface area contributed by atoms with E-state index in [-0.39, 0.29) is 12.7 Å². The number of nitrogens with zero attached hydrogens (tertiary/aromatic N) is 2. The van der Waals surface area contributed by atoms with Crippen molar-refractivity contribution >= 4 is 11.6 Å². The number of benzene rings is 2. The summed E-state index contributed by atoms with van der Waals surface area (Å²) < 4.78 is 7.90. The van der Waals surface area contributed by atoms with Crippen LogP contribution in [0.2, 0.25) is 0 Å². The molecule has 0 bridgehead atoms. The maximum absolute atomic E-state index is 11.9. The molecule has 27 heavy (non-hydrogen) atoms. The van der Waals surface area contributed by atoms with Gasteiger partial charge >= 0.3 is 0 Å². The van der Waals surface area contributed by atoms with Gasteiger partial charge in [-0.05, 0) is 42.0 Å². The molecule has 0 saturated carbocycles. The average Bonchev–Trinajstić information content (AvgIpc) is 3.18. The quantitative estimate of drug-likeness (QED) is 0.704. The topological polar surface area (TPSA) is 80.7 Å². The zero-order chi connectivity index (χ0) is 18.8. The molecule has 1 saturated heterocycles. The molecule has 1 fully saturated rings. The van der Waals surface area contributed by atoms with E-state index in [0.717, 1.165) is 35.8 Å². The Morgan fingerprint density at radius 1 is 1.07 bits per heavy atom. The summed E-state index contributed by atoms with van der Waals surface area (Å²) in [4.78, 5) is 14.1. The molecular weight excluding hydrogens is 342 g/mol. The van der Waals surface area contributed by atoms with Gasteiger partial charge < -0.3 is 25.0 Å². The Kier molecular flexibility index (Phi) is 4.56. The maximum Gasteiger partial charge on any atom is 0.250 e. The second-order valence-electron chi connectivity index (χ2n) is 6.57. The van der Waals surface area contributed by atoms with Crippen LogP contribution in [0.1, 0.15) is 15.9 Å². The highest BCUT2D eigenvalue weighted by atomic mass is 16.5. The molecule has 1 aliphatic rings. The lowest BCUT2D eigenvalue weighted by molar-refractivity contribution is 0.100. The summed E-state index contributed by atoms with van der Waals surface area (Å²) in [5, 5.41) is 9.11. The maximum atomic E-state index is 11.9.